The first-order chi connectivity index (χ1) is 19.6. The normalized spacial score (nSPS) is 17.1. The number of carbonyl (C=O) groups is 3. The van der Waals surface area contributed by atoms with Crippen LogP contribution in [-0.2, 0) is 14.4 Å². The minimum atomic E-state index is -0.660. The summed E-state index contributed by atoms with van der Waals surface area (Å²) in [6, 6.07) is 5.53. The van der Waals surface area contributed by atoms with Gasteiger partial charge in [-0.3, -0.25) is 14.4 Å². The number of carbonyl (C=O) groups excluding carboxylic acids is 3. The molecule has 0 spiro atoms. The minimum absolute atomic E-state index is 0.140. The van der Waals surface area contributed by atoms with Crippen molar-refractivity contribution in [3.63, 3.8) is 0 Å². The van der Waals surface area contributed by atoms with Crippen LogP contribution in [0.1, 0.15) is 74.8 Å². The van der Waals surface area contributed by atoms with Gasteiger partial charge in [-0.2, -0.15) is 0 Å². The monoisotopic (exact) mass is 575 g/mol. The summed E-state index contributed by atoms with van der Waals surface area (Å²) in [7, 11) is 0. The Kier molecular flexibility index (Phi) is 9.70. The van der Waals surface area contributed by atoms with E-state index in [4.69, 9.17) is 0 Å². The topological polar surface area (TPSA) is 102 Å². The molecule has 226 valence electrons. The first-order valence-corrected chi connectivity index (χ1v) is 14.9. The van der Waals surface area contributed by atoms with Crippen LogP contribution in [0.2, 0.25) is 0 Å². The molecule has 2 aliphatic rings. The Morgan fingerprint density at radius 3 is 1.93 bits per heavy atom. The number of aliphatic hydroxyl groups is 1. The van der Waals surface area contributed by atoms with E-state index in [1.807, 2.05) is 65.8 Å². The van der Waals surface area contributed by atoms with E-state index in [-0.39, 0.29) is 34.5 Å². The van der Waals surface area contributed by atoms with Gasteiger partial charge in [-0.25, -0.2) is 4.58 Å². The SMILES string of the molecule is CCN(CC)c1ccc(C2=C(O)/C(=C3/C=CC(=[N+](CC)CC)C=C3NC(=O)C(C)(C)C)C2=O)c(NC(=O)C(C)(C)C)c1. The molecule has 0 saturated heterocycles. The summed E-state index contributed by atoms with van der Waals surface area (Å²) in [5.74, 6) is -0.911. The third-order valence-corrected chi connectivity index (χ3v) is 7.59. The Morgan fingerprint density at radius 2 is 1.43 bits per heavy atom. The maximum atomic E-state index is 13.8. The molecule has 42 heavy (non-hydrogen) atoms. The van der Waals surface area contributed by atoms with Crippen molar-refractivity contribution in [2.75, 3.05) is 36.4 Å². The van der Waals surface area contributed by atoms with Crippen LogP contribution in [0.4, 0.5) is 11.4 Å². The predicted octanol–water partition coefficient (Wildman–Crippen LogP) is 5.78. The molecule has 2 aliphatic carbocycles. The Morgan fingerprint density at radius 1 is 0.857 bits per heavy atom. The number of anilines is 2. The lowest BCUT2D eigenvalue weighted by atomic mass is 9.78. The molecule has 0 aliphatic heterocycles. The van der Waals surface area contributed by atoms with Crippen LogP contribution in [0.3, 0.4) is 0 Å². The Balaban J connectivity index is 2.19. The van der Waals surface area contributed by atoms with Crippen LogP contribution in [0.5, 0.6) is 0 Å². The quantitative estimate of drug-likeness (QED) is 0.270. The van der Waals surface area contributed by atoms with Crippen molar-refractivity contribution in [3.05, 3.63) is 64.6 Å². The average molecular weight is 576 g/mol. The largest absolute Gasteiger partial charge is 0.506 e. The van der Waals surface area contributed by atoms with Crippen LogP contribution in [-0.4, -0.2) is 59.2 Å². The number of hydrogen-bond donors (Lipinski definition) is 3. The van der Waals surface area contributed by atoms with E-state index < -0.39 is 10.8 Å². The van der Waals surface area contributed by atoms with Crippen molar-refractivity contribution >= 4 is 40.3 Å². The lowest BCUT2D eigenvalue weighted by Crippen LogP contribution is -2.37. The maximum absolute atomic E-state index is 13.8. The Labute approximate surface area is 250 Å². The van der Waals surface area contributed by atoms with Gasteiger partial charge in [0.05, 0.1) is 22.5 Å². The van der Waals surface area contributed by atoms with E-state index in [1.54, 1.807) is 12.1 Å². The van der Waals surface area contributed by atoms with Crippen molar-refractivity contribution in [3.8, 4) is 0 Å². The van der Waals surface area contributed by atoms with Gasteiger partial charge in [-0.15, -0.1) is 0 Å². The highest BCUT2D eigenvalue weighted by atomic mass is 16.3. The molecule has 8 heteroatoms. The second-order valence-corrected chi connectivity index (χ2v) is 12.6. The van der Waals surface area contributed by atoms with Crippen molar-refractivity contribution in [1.29, 1.82) is 0 Å². The molecule has 0 atom stereocenters. The summed E-state index contributed by atoms with van der Waals surface area (Å²) in [4.78, 5) is 42.0. The lowest BCUT2D eigenvalue weighted by Gasteiger charge is -2.29. The Hall–Kier alpha value is -3.94. The van der Waals surface area contributed by atoms with Gasteiger partial charge in [0.25, 0.3) is 0 Å². The highest BCUT2D eigenvalue weighted by molar-refractivity contribution is 6.40. The van der Waals surface area contributed by atoms with E-state index in [9.17, 15) is 19.5 Å². The lowest BCUT2D eigenvalue weighted by molar-refractivity contribution is -0.519. The molecular formula is C34H47N4O4+. The molecule has 0 unspecified atom stereocenters. The number of benzene rings is 1. The van der Waals surface area contributed by atoms with Gasteiger partial charge in [-0.05, 0) is 52.0 Å². The fourth-order valence-electron chi connectivity index (χ4n) is 4.80. The van der Waals surface area contributed by atoms with Crippen LogP contribution >= 0.6 is 0 Å². The van der Waals surface area contributed by atoms with Gasteiger partial charge in [-0.1, -0.05) is 41.5 Å². The molecular weight excluding hydrogens is 528 g/mol. The summed E-state index contributed by atoms with van der Waals surface area (Å²) < 4.78 is 2.15. The van der Waals surface area contributed by atoms with E-state index in [0.717, 1.165) is 37.6 Å². The molecule has 0 bridgehead atoms. The molecule has 0 aromatic heterocycles. The van der Waals surface area contributed by atoms with Gasteiger partial charge >= 0.3 is 0 Å². The number of hydrogen-bond acceptors (Lipinski definition) is 5. The number of ketones is 1. The second-order valence-electron chi connectivity index (χ2n) is 12.6. The van der Waals surface area contributed by atoms with Crippen LogP contribution in [0.15, 0.2) is 59.0 Å². The molecule has 0 saturated carbocycles. The average Bonchev–Trinajstić information content (AvgIpc) is 2.91. The summed E-state index contributed by atoms with van der Waals surface area (Å²) in [6.45, 7) is 22.3. The molecule has 0 heterocycles. The predicted molar refractivity (Wildman–Crippen MR) is 171 cm³/mol. The number of nitrogens with zero attached hydrogens (tertiary/aromatic N) is 2. The zero-order valence-electron chi connectivity index (χ0n) is 26.9. The molecule has 3 N–H and O–H groups in total. The summed E-state index contributed by atoms with van der Waals surface area (Å²) in [6.07, 6.45) is 5.53. The standard InChI is InChI=1S/C34H46N4O4/c1-11-37(12-2)21-15-17-23(25(19-21)35-31(41)33(5,6)7)27-29(39)28(30(27)40)24-18-16-22(38(13-3)14-4)20-26(24)36-32(42)34(8,9)10/h15-20H,11-14H2,1-10H3,(H2,35,36,39,40,41,42)/p+1. The van der Waals surface area contributed by atoms with E-state index >= 15 is 0 Å². The number of Topliss-reactive ketones (excluding diaryl/α,β-unsaturated/α-hetero) is 1. The molecule has 1 aromatic carbocycles. The first kappa shape index (κ1) is 32.6. The van der Waals surface area contributed by atoms with Crippen molar-refractivity contribution in [2.24, 2.45) is 10.8 Å². The molecule has 2 amide bonds. The van der Waals surface area contributed by atoms with Gasteiger partial charge in [0.15, 0.2) is 0 Å². The van der Waals surface area contributed by atoms with E-state index in [2.05, 4.69) is 47.8 Å². The van der Waals surface area contributed by atoms with E-state index in [1.165, 1.54) is 0 Å². The highest BCUT2D eigenvalue weighted by Gasteiger charge is 2.40. The van der Waals surface area contributed by atoms with Crippen LogP contribution < -0.4 is 15.5 Å². The zero-order valence-corrected chi connectivity index (χ0v) is 26.9. The molecule has 0 radical (unpaired) electrons. The Bertz CT molecular complexity index is 1430. The zero-order chi connectivity index (χ0) is 31.6. The maximum Gasteiger partial charge on any atom is 0.229 e. The summed E-state index contributed by atoms with van der Waals surface area (Å²) in [5, 5.41) is 17.4. The number of allylic oxidation sites excluding steroid dienone is 5. The third-order valence-electron chi connectivity index (χ3n) is 7.59. The van der Waals surface area contributed by atoms with E-state index in [0.29, 0.717) is 22.5 Å². The van der Waals surface area contributed by atoms with Gasteiger partial charge in [0.1, 0.15) is 18.8 Å². The fourth-order valence-corrected chi connectivity index (χ4v) is 4.80. The molecule has 1 aromatic rings. The van der Waals surface area contributed by atoms with Crippen molar-refractivity contribution < 1.29 is 24.1 Å². The third kappa shape index (κ3) is 6.58. The molecule has 8 nitrogen and oxygen atoms in total. The van der Waals surface area contributed by atoms with Crippen LogP contribution in [0.25, 0.3) is 5.57 Å². The molecule has 0 fully saturated rings. The highest BCUT2D eigenvalue weighted by Crippen LogP contribution is 2.43. The second kappa shape index (κ2) is 12.5. The van der Waals surface area contributed by atoms with Crippen LogP contribution in [0, 0.1) is 10.8 Å². The summed E-state index contributed by atoms with van der Waals surface area (Å²) in [5.41, 5.74) is 2.61. The summed E-state index contributed by atoms with van der Waals surface area (Å²) >= 11 is 0. The smallest absolute Gasteiger partial charge is 0.229 e. The fraction of sp³-hybridized carbons (Fsp3) is 0.471. The van der Waals surface area contributed by atoms with Gasteiger partial charge < -0.3 is 20.6 Å². The van der Waals surface area contributed by atoms with Crippen molar-refractivity contribution in [1.82, 2.24) is 5.32 Å². The minimum Gasteiger partial charge on any atom is -0.506 e. The van der Waals surface area contributed by atoms with Crippen molar-refractivity contribution in [2.45, 2.75) is 69.2 Å². The molecule has 3 rings (SSSR count). The van der Waals surface area contributed by atoms with Gasteiger partial charge in [0, 0.05) is 52.9 Å². The van der Waals surface area contributed by atoms with Gasteiger partial charge in [0.2, 0.25) is 23.3 Å². The number of nitrogens with one attached hydrogen (secondary N) is 2. The first-order valence-electron chi connectivity index (χ1n) is 14.9. The number of rotatable bonds is 8. The number of amides is 2. The number of aliphatic hydroxyl groups excluding tert-OH is 1.